The molecule has 1 fully saturated rings. The van der Waals surface area contributed by atoms with Crippen LogP contribution in [0.15, 0.2) is 30.5 Å². The number of aromatic amines is 1. The molecule has 1 amide bonds. The van der Waals surface area contributed by atoms with Crippen LogP contribution >= 0.6 is 0 Å². The average Bonchev–Trinajstić information content (AvgIpc) is 3.21. The van der Waals surface area contributed by atoms with Gasteiger partial charge in [-0.3, -0.25) is 9.89 Å². The first-order chi connectivity index (χ1) is 11.9. The molecule has 1 aliphatic rings. The minimum Gasteiger partial charge on any atom is -0.435 e. The van der Waals surface area contributed by atoms with Crippen LogP contribution in [0.1, 0.15) is 23.7 Å². The minimum atomic E-state index is -2.91. The Labute approximate surface area is 144 Å². The molecule has 2 heterocycles. The third kappa shape index (κ3) is 3.63. The Morgan fingerprint density at radius 1 is 1.52 bits per heavy atom. The molecule has 1 saturated heterocycles. The Hall–Kier alpha value is -2.48. The first-order valence-electron chi connectivity index (χ1n) is 8.00. The summed E-state index contributed by atoms with van der Waals surface area (Å²) in [6.45, 7) is 0.883. The van der Waals surface area contributed by atoms with Crippen LogP contribution in [0.2, 0.25) is 0 Å². The highest BCUT2D eigenvalue weighted by molar-refractivity contribution is 6.00. The molecule has 1 unspecified atom stereocenters. The van der Waals surface area contributed by atoms with Gasteiger partial charge in [-0.2, -0.15) is 13.9 Å². The number of aromatic nitrogens is 2. The van der Waals surface area contributed by atoms with Gasteiger partial charge in [-0.25, -0.2) is 0 Å². The topological polar surface area (TPSA) is 84.2 Å². The van der Waals surface area contributed by atoms with Crippen LogP contribution in [-0.2, 0) is 0 Å². The lowest BCUT2D eigenvalue weighted by atomic mass is 9.90. The number of amides is 1. The zero-order valence-corrected chi connectivity index (χ0v) is 13.8. The van der Waals surface area contributed by atoms with E-state index in [1.54, 1.807) is 17.0 Å². The van der Waals surface area contributed by atoms with Crippen LogP contribution < -0.4 is 10.5 Å². The molecule has 0 bridgehead atoms. The summed E-state index contributed by atoms with van der Waals surface area (Å²) in [6.07, 6.45) is 2.30. The second-order valence-corrected chi connectivity index (χ2v) is 6.56. The molecule has 25 heavy (non-hydrogen) atoms. The molecule has 134 valence electrons. The molecule has 8 heteroatoms. The van der Waals surface area contributed by atoms with Crippen LogP contribution in [0.5, 0.6) is 5.75 Å². The molecule has 0 aliphatic carbocycles. The SMILES string of the molecule is CC1(CN)CCN(C(=O)c2cn[nH]c2-c2cccc(OC(F)F)c2)C1. The van der Waals surface area contributed by atoms with Crippen LogP contribution in [-0.4, -0.2) is 47.3 Å². The normalized spacial score (nSPS) is 20.3. The summed E-state index contributed by atoms with van der Waals surface area (Å²) in [5.74, 6) is -0.126. The van der Waals surface area contributed by atoms with Gasteiger partial charge >= 0.3 is 6.61 Å². The van der Waals surface area contributed by atoms with E-state index in [0.717, 1.165) is 6.42 Å². The van der Waals surface area contributed by atoms with Crippen LogP contribution in [0, 0.1) is 5.41 Å². The first kappa shape index (κ1) is 17.3. The highest BCUT2D eigenvalue weighted by Crippen LogP contribution is 2.32. The molecule has 1 aromatic carbocycles. The Kier molecular flexibility index (Phi) is 4.71. The number of carbonyl (C=O) groups excluding carboxylic acids is 1. The van der Waals surface area contributed by atoms with E-state index in [9.17, 15) is 13.6 Å². The van der Waals surface area contributed by atoms with E-state index >= 15 is 0 Å². The van der Waals surface area contributed by atoms with Crippen LogP contribution in [0.3, 0.4) is 0 Å². The maximum absolute atomic E-state index is 12.8. The number of alkyl halides is 2. The van der Waals surface area contributed by atoms with Crippen molar-refractivity contribution in [1.82, 2.24) is 15.1 Å². The summed E-state index contributed by atoms with van der Waals surface area (Å²) < 4.78 is 29.2. The van der Waals surface area contributed by atoms with Gasteiger partial charge in [0.05, 0.1) is 17.5 Å². The van der Waals surface area contributed by atoms with Crippen molar-refractivity contribution in [2.24, 2.45) is 11.1 Å². The molecular formula is C17H20F2N4O2. The smallest absolute Gasteiger partial charge is 0.387 e. The second-order valence-electron chi connectivity index (χ2n) is 6.56. The maximum Gasteiger partial charge on any atom is 0.387 e. The highest BCUT2D eigenvalue weighted by atomic mass is 19.3. The van der Waals surface area contributed by atoms with Gasteiger partial charge in [-0.05, 0) is 30.5 Å². The lowest BCUT2D eigenvalue weighted by Crippen LogP contribution is -2.34. The van der Waals surface area contributed by atoms with E-state index in [0.29, 0.717) is 36.5 Å². The van der Waals surface area contributed by atoms with Crippen LogP contribution in [0.25, 0.3) is 11.3 Å². The van der Waals surface area contributed by atoms with Gasteiger partial charge in [0.2, 0.25) is 0 Å². The molecular weight excluding hydrogens is 330 g/mol. The maximum atomic E-state index is 12.8. The van der Waals surface area contributed by atoms with Crippen LogP contribution in [0.4, 0.5) is 8.78 Å². The van der Waals surface area contributed by atoms with Gasteiger partial charge in [-0.1, -0.05) is 19.1 Å². The van der Waals surface area contributed by atoms with Gasteiger partial charge < -0.3 is 15.4 Å². The van der Waals surface area contributed by atoms with Gasteiger partial charge in [0.25, 0.3) is 5.91 Å². The number of likely N-dealkylation sites (tertiary alicyclic amines) is 1. The Balaban J connectivity index is 1.85. The molecule has 2 aromatic rings. The van der Waals surface area contributed by atoms with Crippen molar-refractivity contribution in [1.29, 1.82) is 0 Å². The number of nitrogens with one attached hydrogen (secondary N) is 1. The molecule has 1 aliphatic heterocycles. The Morgan fingerprint density at radius 2 is 2.32 bits per heavy atom. The standard InChI is InChI=1S/C17H20F2N4O2/c1-17(9-20)5-6-23(10-17)15(24)13-8-21-22-14(13)11-3-2-4-12(7-11)25-16(18)19/h2-4,7-8,16H,5-6,9-10,20H2,1H3,(H,21,22). The van der Waals surface area contributed by atoms with Crippen molar-refractivity contribution >= 4 is 5.91 Å². The van der Waals surface area contributed by atoms with Crippen molar-refractivity contribution in [2.75, 3.05) is 19.6 Å². The highest BCUT2D eigenvalue weighted by Gasteiger charge is 2.36. The zero-order chi connectivity index (χ0) is 18.0. The average molecular weight is 350 g/mol. The van der Waals surface area contributed by atoms with E-state index in [4.69, 9.17) is 5.73 Å². The lowest BCUT2D eigenvalue weighted by molar-refractivity contribution is -0.0498. The van der Waals surface area contributed by atoms with Gasteiger partial charge in [-0.15, -0.1) is 0 Å². The molecule has 0 spiro atoms. The number of ether oxygens (including phenoxy) is 1. The summed E-state index contributed by atoms with van der Waals surface area (Å²) in [6, 6.07) is 6.17. The third-order valence-corrected chi connectivity index (χ3v) is 4.56. The van der Waals surface area contributed by atoms with Gasteiger partial charge in [0.15, 0.2) is 0 Å². The van der Waals surface area contributed by atoms with E-state index in [-0.39, 0.29) is 17.1 Å². The first-order valence-corrected chi connectivity index (χ1v) is 8.00. The number of rotatable bonds is 5. The third-order valence-electron chi connectivity index (χ3n) is 4.56. The predicted molar refractivity (Wildman–Crippen MR) is 88.3 cm³/mol. The number of H-pyrrole nitrogens is 1. The summed E-state index contributed by atoms with van der Waals surface area (Å²) in [7, 11) is 0. The number of nitrogens with zero attached hydrogens (tertiary/aromatic N) is 2. The fraction of sp³-hybridized carbons (Fsp3) is 0.412. The Bertz CT molecular complexity index is 765. The van der Waals surface area contributed by atoms with Gasteiger partial charge in [0.1, 0.15) is 5.75 Å². The number of benzene rings is 1. The Morgan fingerprint density at radius 3 is 3.00 bits per heavy atom. The molecule has 3 N–H and O–H groups in total. The predicted octanol–water partition coefficient (Wildman–Crippen LogP) is 2.49. The number of hydrogen-bond donors (Lipinski definition) is 2. The van der Waals surface area contributed by atoms with E-state index in [2.05, 4.69) is 21.9 Å². The summed E-state index contributed by atoms with van der Waals surface area (Å²) in [4.78, 5) is 14.6. The number of hydrogen-bond acceptors (Lipinski definition) is 4. The molecule has 1 aromatic heterocycles. The van der Waals surface area contributed by atoms with Crippen molar-refractivity contribution in [3.8, 4) is 17.0 Å². The van der Waals surface area contributed by atoms with E-state index in [1.807, 2.05) is 0 Å². The number of halogens is 2. The zero-order valence-electron chi connectivity index (χ0n) is 13.8. The molecule has 6 nitrogen and oxygen atoms in total. The van der Waals surface area contributed by atoms with Crippen molar-refractivity contribution in [3.05, 3.63) is 36.0 Å². The molecule has 0 radical (unpaired) electrons. The van der Waals surface area contributed by atoms with Crippen molar-refractivity contribution < 1.29 is 18.3 Å². The van der Waals surface area contributed by atoms with Gasteiger partial charge in [0, 0.05) is 18.7 Å². The van der Waals surface area contributed by atoms with Crippen molar-refractivity contribution in [2.45, 2.75) is 20.0 Å². The molecule has 0 saturated carbocycles. The summed E-state index contributed by atoms with van der Waals surface area (Å²) in [5, 5.41) is 6.73. The van der Waals surface area contributed by atoms with E-state index < -0.39 is 6.61 Å². The molecule has 1 atom stereocenters. The number of nitrogens with two attached hydrogens (primary N) is 1. The lowest BCUT2D eigenvalue weighted by Gasteiger charge is -2.22. The fourth-order valence-electron chi connectivity index (χ4n) is 3.03. The fourth-order valence-corrected chi connectivity index (χ4v) is 3.03. The minimum absolute atomic E-state index is 0.0254. The quantitative estimate of drug-likeness (QED) is 0.868. The number of carbonyl (C=O) groups is 1. The summed E-state index contributed by atoms with van der Waals surface area (Å²) in [5.41, 5.74) is 7.15. The molecule has 3 rings (SSSR count). The van der Waals surface area contributed by atoms with E-state index in [1.165, 1.54) is 18.3 Å². The summed E-state index contributed by atoms with van der Waals surface area (Å²) >= 11 is 0. The largest absolute Gasteiger partial charge is 0.435 e. The second kappa shape index (κ2) is 6.79. The monoisotopic (exact) mass is 350 g/mol. The van der Waals surface area contributed by atoms with Crippen molar-refractivity contribution in [3.63, 3.8) is 0 Å².